The third-order valence-electron chi connectivity index (χ3n) is 2.46. The van der Waals surface area contributed by atoms with Gasteiger partial charge in [-0.15, -0.1) is 0 Å². The molecule has 1 rings (SSSR count). The first-order valence-electron chi connectivity index (χ1n) is 6.06. The van der Waals surface area contributed by atoms with Crippen molar-refractivity contribution in [2.45, 2.75) is 26.7 Å². The Morgan fingerprint density at radius 2 is 2.12 bits per heavy atom. The minimum absolute atomic E-state index is 0.612. The van der Waals surface area contributed by atoms with E-state index in [1.54, 1.807) is 7.11 Å². The molecule has 0 radical (unpaired) electrons. The maximum atomic E-state index is 5.55. The van der Waals surface area contributed by atoms with Gasteiger partial charge in [0.2, 0.25) is 5.88 Å². The van der Waals surface area contributed by atoms with Crippen molar-refractivity contribution in [1.29, 1.82) is 0 Å². The SMILES string of the molecule is CCCN(CCCN)c1cc(OC)nc(C)n1. The van der Waals surface area contributed by atoms with Gasteiger partial charge in [-0.1, -0.05) is 6.92 Å². The molecule has 0 aliphatic heterocycles. The number of aryl methyl sites for hydroxylation is 1. The third kappa shape index (κ3) is 4.19. The number of hydrogen-bond donors (Lipinski definition) is 1. The number of nitrogens with zero attached hydrogens (tertiary/aromatic N) is 3. The number of methoxy groups -OCH3 is 1. The van der Waals surface area contributed by atoms with Crippen LogP contribution in [0.5, 0.6) is 5.88 Å². The highest BCUT2D eigenvalue weighted by Gasteiger charge is 2.09. The molecule has 5 nitrogen and oxygen atoms in total. The zero-order valence-electron chi connectivity index (χ0n) is 10.9. The van der Waals surface area contributed by atoms with Crippen LogP contribution in [-0.4, -0.2) is 36.7 Å². The molecule has 0 aromatic carbocycles. The number of aromatic nitrogens is 2. The van der Waals surface area contributed by atoms with Crippen molar-refractivity contribution in [1.82, 2.24) is 9.97 Å². The van der Waals surface area contributed by atoms with Gasteiger partial charge in [-0.05, 0) is 26.3 Å². The first kappa shape index (κ1) is 13.7. The van der Waals surface area contributed by atoms with Gasteiger partial charge in [0.25, 0.3) is 0 Å². The third-order valence-corrected chi connectivity index (χ3v) is 2.46. The van der Waals surface area contributed by atoms with E-state index in [0.29, 0.717) is 12.4 Å². The van der Waals surface area contributed by atoms with E-state index in [-0.39, 0.29) is 0 Å². The summed E-state index contributed by atoms with van der Waals surface area (Å²) >= 11 is 0. The molecule has 96 valence electrons. The van der Waals surface area contributed by atoms with E-state index < -0.39 is 0 Å². The van der Waals surface area contributed by atoms with Crippen molar-refractivity contribution in [3.63, 3.8) is 0 Å². The molecule has 1 aromatic rings. The lowest BCUT2D eigenvalue weighted by Crippen LogP contribution is -2.28. The van der Waals surface area contributed by atoms with Crippen LogP contribution in [0, 0.1) is 6.92 Å². The minimum atomic E-state index is 0.612. The van der Waals surface area contributed by atoms with Crippen LogP contribution in [-0.2, 0) is 0 Å². The molecule has 17 heavy (non-hydrogen) atoms. The van der Waals surface area contributed by atoms with Crippen LogP contribution in [0.3, 0.4) is 0 Å². The van der Waals surface area contributed by atoms with Gasteiger partial charge in [0.05, 0.1) is 7.11 Å². The summed E-state index contributed by atoms with van der Waals surface area (Å²) in [4.78, 5) is 10.9. The molecular weight excluding hydrogens is 216 g/mol. The highest BCUT2D eigenvalue weighted by molar-refractivity contribution is 5.41. The van der Waals surface area contributed by atoms with Crippen LogP contribution in [0.1, 0.15) is 25.6 Å². The molecule has 0 spiro atoms. The zero-order chi connectivity index (χ0) is 12.7. The van der Waals surface area contributed by atoms with E-state index in [1.165, 1.54) is 0 Å². The smallest absolute Gasteiger partial charge is 0.218 e. The Hall–Kier alpha value is -1.36. The Morgan fingerprint density at radius 1 is 1.35 bits per heavy atom. The largest absolute Gasteiger partial charge is 0.481 e. The van der Waals surface area contributed by atoms with Crippen LogP contribution in [0.4, 0.5) is 5.82 Å². The van der Waals surface area contributed by atoms with E-state index in [0.717, 1.165) is 37.6 Å². The first-order chi connectivity index (χ1) is 8.21. The number of nitrogens with two attached hydrogens (primary N) is 1. The Morgan fingerprint density at radius 3 is 2.71 bits per heavy atom. The monoisotopic (exact) mass is 238 g/mol. The second-order valence-corrected chi connectivity index (χ2v) is 3.94. The van der Waals surface area contributed by atoms with Gasteiger partial charge < -0.3 is 15.4 Å². The lowest BCUT2D eigenvalue weighted by Gasteiger charge is -2.23. The Kier molecular flexibility index (Phi) is 5.69. The summed E-state index contributed by atoms with van der Waals surface area (Å²) in [6.07, 6.45) is 2.04. The predicted molar refractivity (Wildman–Crippen MR) is 69.5 cm³/mol. The molecule has 0 amide bonds. The lowest BCUT2D eigenvalue weighted by atomic mass is 10.3. The second-order valence-electron chi connectivity index (χ2n) is 3.94. The Balaban J connectivity index is 2.87. The van der Waals surface area contributed by atoms with Crippen molar-refractivity contribution in [2.24, 2.45) is 5.73 Å². The molecule has 0 saturated heterocycles. The lowest BCUT2D eigenvalue weighted by molar-refractivity contribution is 0.395. The Bertz CT molecular complexity index is 343. The molecule has 0 atom stereocenters. The standard InChI is InChI=1S/C12H22N4O/c1-4-7-16(8-5-6-13)11-9-12(17-3)15-10(2)14-11/h9H,4-8,13H2,1-3H3. The van der Waals surface area contributed by atoms with E-state index in [2.05, 4.69) is 21.8 Å². The molecule has 1 aromatic heterocycles. The van der Waals surface area contributed by atoms with Gasteiger partial charge in [0, 0.05) is 19.2 Å². The molecule has 0 aliphatic rings. The fourth-order valence-corrected chi connectivity index (χ4v) is 1.68. The van der Waals surface area contributed by atoms with Gasteiger partial charge in [0.15, 0.2) is 0 Å². The van der Waals surface area contributed by atoms with Crippen LogP contribution in [0.25, 0.3) is 0 Å². The van der Waals surface area contributed by atoms with Crippen LogP contribution in [0.2, 0.25) is 0 Å². The summed E-state index contributed by atoms with van der Waals surface area (Å²) < 4.78 is 5.17. The van der Waals surface area contributed by atoms with Crippen LogP contribution < -0.4 is 15.4 Å². The van der Waals surface area contributed by atoms with E-state index in [9.17, 15) is 0 Å². The highest BCUT2D eigenvalue weighted by atomic mass is 16.5. The van der Waals surface area contributed by atoms with E-state index in [1.807, 2.05) is 13.0 Å². The average molecular weight is 238 g/mol. The maximum absolute atomic E-state index is 5.55. The van der Waals surface area contributed by atoms with Gasteiger partial charge >= 0.3 is 0 Å². The molecule has 1 heterocycles. The topological polar surface area (TPSA) is 64.3 Å². The zero-order valence-corrected chi connectivity index (χ0v) is 10.9. The van der Waals surface area contributed by atoms with Gasteiger partial charge in [-0.25, -0.2) is 4.98 Å². The molecule has 2 N–H and O–H groups in total. The van der Waals surface area contributed by atoms with Crippen molar-refractivity contribution in [3.8, 4) is 5.88 Å². The van der Waals surface area contributed by atoms with Crippen LogP contribution >= 0.6 is 0 Å². The predicted octanol–water partition coefficient (Wildman–Crippen LogP) is 1.36. The first-order valence-corrected chi connectivity index (χ1v) is 6.06. The molecule has 0 aliphatic carbocycles. The Labute approximate surface area is 103 Å². The van der Waals surface area contributed by atoms with Crippen molar-refractivity contribution in [2.75, 3.05) is 31.6 Å². The van der Waals surface area contributed by atoms with Gasteiger partial charge in [-0.2, -0.15) is 4.98 Å². The normalized spacial score (nSPS) is 10.4. The second kappa shape index (κ2) is 7.06. The maximum Gasteiger partial charge on any atom is 0.218 e. The summed E-state index contributed by atoms with van der Waals surface area (Å²) in [7, 11) is 1.62. The summed E-state index contributed by atoms with van der Waals surface area (Å²) in [5.74, 6) is 2.26. The molecule has 0 saturated carbocycles. The minimum Gasteiger partial charge on any atom is -0.481 e. The quantitative estimate of drug-likeness (QED) is 0.777. The molecule has 0 bridgehead atoms. The average Bonchev–Trinajstić information content (AvgIpc) is 2.33. The van der Waals surface area contributed by atoms with Crippen molar-refractivity contribution >= 4 is 5.82 Å². The van der Waals surface area contributed by atoms with Crippen molar-refractivity contribution < 1.29 is 4.74 Å². The summed E-state index contributed by atoms with van der Waals surface area (Å²) in [6.45, 7) is 6.62. The molecule has 5 heteroatoms. The fraction of sp³-hybridized carbons (Fsp3) is 0.667. The van der Waals surface area contributed by atoms with E-state index in [4.69, 9.17) is 10.5 Å². The number of anilines is 1. The molecular formula is C12H22N4O. The highest BCUT2D eigenvalue weighted by Crippen LogP contribution is 2.17. The van der Waals surface area contributed by atoms with Gasteiger partial charge in [0.1, 0.15) is 11.6 Å². The summed E-state index contributed by atoms with van der Waals surface area (Å²) in [5, 5.41) is 0. The number of rotatable bonds is 7. The number of hydrogen-bond acceptors (Lipinski definition) is 5. The summed E-state index contributed by atoms with van der Waals surface area (Å²) in [5.41, 5.74) is 5.55. The molecule has 0 unspecified atom stereocenters. The fourth-order valence-electron chi connectivity index (χ4n) is 1.68. The summed E-state index contributed by atoms with van der Waals surface area (Å²) in [6, 6.07) is 1.87. The van der Waals surface area contributed by atoms with E-state index >= 15 is 0 Å². The van der Waals surface area contributed by atoms with Crippen molar-refractivity contribution in [3.05, 3.63) is 11.9 Å². The molecule has 0 fully saturated rings. The van der Waals surface area contributed by atoms with Crippen LogP contribution in [0.15, 0.2) is 6.07 Å². The van der Waals surface area contributed by atoms with Gasteiger partial charge in [-0.3, -0.25) is 0 Å². The number of ether oxygens (including phenoxy) is 1.